The number of hydrogen-bond acceptors (Lipinski definition) is 4. The summed E-state index contributed by atoms with van der Waals surface area (Å²) in [5, 5.41) is 1.55. The van der Waals surface area contributed by atoms with Gasteiger partial charge in [0.15, 0.2) is 0 Å². The van der Waals surface area contributed by atoms with E-state index in [-0.39, 0.29) is 0 Å². The van der Waals surface area contributed by atoms with Crippen LogP contribution in [0.2, 0.25) is 5.28 Å². The molecule has 3 heterocycles. The summed E-state index contributed by atoms with van der Waals surface area (Å²) in [5.41, 5.74) is 0.636. The van der Waals surface area contributed by atoms with Crippen molar-refractivity contribution in [3.8, 4) is 0 Å². The van der Waals surface area contributed by atoms with Crippen LogP contribution < -0.4 is 4.90 Å². The molecule has 4 rings (SSSR count). The SMILES string of the molecule is Cc1cc2c(N3CCC4(CCCC4)CC3)nc(Cl)nc2s1. The maximum absolute atomic E-state index is 6.13. The minimum absolute atomic E-state index is 0.375. The second-order valence-electron chi connectivity index (χ2n) is 6.59. The van der Waals surface area contributed by atoms with Crippen LogP contribution in [0.4, 0.5) is 5.82 Å². The molecule has 2 aliphatic rings. The molecule has 0 radical (unpaired) electrons. The van der Waals surface area contributed by atoms with Crippen molar-refractivity contribution in [2.45, 2.75) is 45.4 Å². The Labute approximate surface area is 134 Å². The van der Waals surface area contributed by atoms with Crippen molar-refractivity contribution in [1.82, 2.24) is 9.97 Å². The van der Waals surface area contributed by atoms with Crippen molar-refractivity contribution in [3.63, 3.8) is 0 Å². The highest BCUT2D eigenvalue weighted by Crippen LogP contribution is 2.47. The molecule has 2 aromatic rings. The molecule has 0 aromatic carbocycles. The van der Waals surface area contributed by atoms with Crippen LogP contribution in [-0.4, -0.2) is 23.1 Å². The van der Waals surface area contributed by atoms with Gasteiger partial charge in [-0.25, -0.2) is 4.98 Å². The molecule has 1 aliphatic heterocycles. The highest BCUT2D eigenvalue weighted by molar-refractivity contribution is 7.18. The molecule has 0 atom stereocenters. The molecule has 1 aliphatic carbocycles. The standard InChI is InChI=1S/C16H20ClN3S/c1-11-10-12-13(18-15(17)19-14(12)21-11)20-8-6-16(7-9-20)4-2-3-5-16/h10H,2-9H2,1H3. The van der Waals surface area contributed by atoms with Gasteiger partial charge in [-0.1, -0.05) is 12.8 Å². The van der Waals surface area contributed by atoms with E-state index in [1.165, 1.54) is 48.8 Å². The van der Waals surface area contributed by atoms with E-state index in [9.17, 15) is 0 Å². The summed E-state index contributed by atoms with van der Waals surface area (Å²) < 4.78 is 0. The number of aryl methyl sites for hydroxylation is 1. The molecule has 0 bridgehead atoms. The monoisotopic (exact) mass is 321 g/mol. The van der Waals surface area contributed by atoms with Gasteiger partial charge in [0.1, 0.15) is 10.6 Å². The first-order valence-electron chi connectivity index (χ1n) is 7.84. The molecule has 0 unspecified atom stereocenters. The molecular weight excluding hydrogens is 302 g/mol. The molecule has 2 fully saturated rings. The fourth-order valence-corrected chi connectivity index (χ4v) is 5.15. The Bertz CT molecular complexity index is 665. The molecule has 1 spiro atoms. The van der Waals surface area contributed by atoms with Crippen LogP contribution in [0.3, 0.4) is 0 Å². The average molecular weight is 322 g/mol. The van der Waals surface area contributed by atoms with Gasteiger partial charge in [0.2, 0.25) is 5.28 Å². The number of piperidine rings is 1. The van der Waals surface area contributed by atoms with E-state index in [0.717, 1.165) is 23.7 Å². The number of rotatable bonds is 1. The molecule has 0 N–H and O–H groups in total. The van der Waals surface area contributed by atoms with Gasteiger partial charge >= 0.3 is 0 Å². The minimum atomic E-state index is 0.375. The first-order chi connectivity index (χ1) is 10.2. The molecule has 0 amide bonds. The van der Waals surface area contributed by atoms with Crippen LogP contribution in [0.5, 0.6) is 0 Å². The fraction of sp³-hybridized carbons (Fsp3) is 0.625. The van der Waals surface area contributed by atoms with Gasteiger partial charge in [0, 0.05) is 18.0 Å². The highest BCUT2D eigenvalue weighted by Gasteiger charge is 2.37. The van der Waals surface area contributed by atoms with E-state index >= 15 is 0 Å². The Morgan fingerprint density at radius 1 is 1.14 bits per heavy atom. The lowest BCUT2D eigenvalue weighted by atomic mass is 9.77. The quantitative estimate of drug-likeness (QED) is 0.705. The third-order valence-electron chi connectivity index (χ3n) is 5.26. The van der Waals surface area contributed by atoms with Crippen molar-refractivity contribution in [3.05, 3.63) is 16.2 Å². The summed E-state index contributed by atoms with van der Waals surface area (Å²) in [7, 11) is 0. The van der Waals surface area contributed by atoms with Crippen molar-refractivity contribution in [2.24, 2.45) is 5.41 Å². The first-order valence-corrected chi connectivity index (χ1v) is 9.03. The Morgan fingerprint density at radius 2 is 1.86 bits per heavy atom. The number of hydrogen-bond donors (Lipinski definition) is 0. The van der Waals surface area contributed by atoms with E-state index in [2.05, 4.69) is 27.9 Å². The lowest BCUT2D eigenvalue weighted by Gasteiger charge is -2.40. The average Bonchev–Trinajstić information content (AvgIpc) is 3.05. The highest BCUT2D eigenvalue weighted by atomic mass is 35.5. The van der Waals surface area contributed by atoms with Gasteiger partial charge in [0.05, 0.1) is 5.39 Å². The molecule has 3 nitrogen and oxygen atoms in total. The molecule has 5 heteroatoms. The maximum atomic E-state index is 6.13. The number of anilines is 1. The number of nitrogens with zero attached hydrogens (tertiary/aromatic N) is 3. The van der Waals surface area contributed by atoms with E-state index in [0.29, 0.717) is 10.7 Å². The van der Waals surface area contributed by atoms with Crippen molar-refractivity contribution in [1.29, 1.82) is 0 Å². The zero-order chi connectivity index (χ0) is 14.4. The van der Waals surface area contributed by atoms with Gasteiger partial charge in [-0.2, -0.15) is 4.98 Å². The molecule has 1 saturated heterocycles. The Morgan fingerprint density at radius 3 is 2.57 bits per heavy atom. The number of thiophene rings is 1. The van der Waals surface area contributed by atoms with Gasteiger partial charge < -0.3 is 4.90 Å². The largest absolute Gasteiger partial charge is 0.356 e. The van der Waals surface area contributed by atoms with Crippen molar-refractivity contribution >= 4 is 39.0 Å². The van der Waals surface area contributed by atoms with Crippen LogP contribution in [0.15, 0.2) is 6.07 Å². The number of fused-ring (bicyclic) bond motifs is 1. The predicted octanol–water partition coefficient (Wildman–Crippen LogP) is 4.81. The fourth-order valence-electron chi connectivity index (χ4n) is 4.06. The number of aromatic nitrogens is 2. The summed E-state index contributed by atoms with van der Waals surface area (Å²) in [6.07, 6.45) is 8.32. The van der Waals surface area contributed by atoms with Crippen LogP contribution in [0.1, 0.15) is 43.4 Å². The molecule has 21 heavy (non-hydrogen) atoms. The topological polar surface area (TPSA) is 29.0 Å². The maximum Gasteiger partial charge on any atom is 0.225 e. The zero-order valence-electron chi connectivity index (χ0n) is 12.4. The van der Waals surface area contributed by atoms with E-state index in [4.69, 9.17) is 11.6 Å². The van der Waals surface area contributed by atoms with Crippen LogP contribution in [0.25, 0.3) is 10.2 Å². The lowest BCUT2D eigenvalue weighted by molar-refractivity contribution is 0.226. The second-order valence-corrected chi connectivity index (χ2v) is 8.16. The van der Waals surface area contributed by atoms with E-state index in [1.807, 2.05) is 0 Å². The third kappa shape index (κ3) is 2.42. The van der Waals surface area contributed by atoms with Crippen molar-refractivity contribution in [2.75, 3.05) is 18.0 Å². The van der Waals surface area contributed by atoms with Gasteiger partial charge in [0.25, 0.3) is 0 Å². The number of halogens is 1. The van der Waals surface area contributed by atoms with Crippen LogP contribution >= 0.6 is 22.9 Å². The molecule has 2 aromatic heterocycles. The summed E-state index contributed by atoms with van der Waals surface area (Å²) in [4.78, 5) is 13.6. The van der Waals surface area contributed by atoms with Crippen LogP contribution in [-0.2, 0) is 0 Å². The third-order valence-corrected chi connectivity index (χ3v) is 6.37. The summed E-state index contributed by atoms with van der Waals surface area (Å²) in [6, 6.07) is 2.20. The molecule has 112 valence electrons. The lowest BCUT2D eigenvalue weighted by Crippen LogP contribution is -2.39. The van der Waals surface area contributed by atoms with E-state index < -0.39 is 0 Å². The summed E-state index contributed by atoms with van der Waals surface area (Å²) in [6.45, 7) is 4.34. The van der Waals surface area contributed by atoms with Gasteiger partial charge in [-0.15, -0.1) is 11.3 Å². The molecule has 1 saturated carbocycles. The van der Waals surface area contributed by atoms with Gasteiger partial charge in [-0.05, 0) is 55.7 Å². The minimum Gasteiger partial charge on any atom is -0.356 e. The second kappa shape index (κ2) is 5.10. The summed E-state index contributed by atoms with van der Waals surface area (Å²) in [5.74, 6) is 1.04. The summed E-state index contributed by atoms with van der Waals surface area (Å²) >= 11 is 7.83. The van der Waals surface area contributed by atoms with Crippen molar-refractivity contribution < 1.29 is 0 Å². The molecular formula is C16H20ClN3S. The van der Waals surface area contributed by atoms with Crippen LogP contribution in [0, 0.1) is 12.3 Å². The zero-order valence-corrected chi connectivity index (χ0v) is 13.9. The van der Waals surface area contributed by atoms with Gasteiger partial charge in [-0.3, -0.25) is 0 Å². The smallest absolute Gasteiger partial charge is 0.225 e. The Hall–Kier alpha value is -0.870. The normalized spacial score (nSPS) is 21.5. The Balaban J connectivity index is 1.65. The first kappa shape index (κ1) is 13.8. The Kier molecular flexibility index (Phi) is 3.34. The predicted molar refractivity (Wildman–Crippen MR) is 89.5 cm³/mol. The van der Waals surface area contributed by atoms with E-state index in [1.54, 1.807) is 11.3 Å².